The predicted molar refractivity (Wildman–Crippen MR) is 85.4 cm³/mol. The summed E-state index contributed by atoms with van der Waals surface area (Å²) in [6, 6.07) is 4.22. The Morgan fingerprint density at radius 2 is 1.94 bits per heavy atom. The van der Waals surface area contributed by atoms with Crippen molar-refractivity contribution in [3.8, 4) is 0 Å². The lowest BCUT2D eigenvalue weighted by Gasteiger charge is -2.10. The molecule has 0 aliphatic carbocycles. The molecule has 2 rings (SSSR count). The lowest BCUT2D eigenvalue weighted by molar-refractivity contribution is 1.09. The van der Waals surface area contributed by atoms with Crippen molar-refractivity contribution < 1.29 is 0 Å². The molecule has 0 aliphatic rings. The zero-order valence-corrected chi connectivity index (χ0v) is 14.2. The van der Waals surface area contributed by atoms with Crippen LogP contribution in [0.2, 0.25) is 0 Å². The van der Waals surface area contributed by atoms with E-state index in [4.69, 9.17) is 0 Å². The molecule has 1 aromatic carbocycles. The zero-order chi connectivity index (χ0) is 13.1. The van der Waals surface area contributed by atoms with Crippen LogP contribution in [0.4, 0.5) is 5.69 Å². The molecule has 0 radical (unpaired) electrons. The lowest BCUT2D eigenvalue weighted by atomic mass is 10.2. The van der Waals surface area contributed by atoms with Crippen molar-refractivity contribution in [2.75, 3.05) is 5.32 Å². The van der Waals surface area contributed by atoms with E-state index in [1.54, 1.807) is 11.3 Å². The summed E-state index contributed by atoms with van der Waals surface area (Å²) in [4.78, 5) is 5.62. The molecule has 1 aromatic heterocycles. The van der Waals surface area contributed by atoms with Crippen LogP contribution >= 0.6 is 43.2 Å². The SMILES string of the molecule is CCc1ncc(CNc2c(Br)cc(C)cc2Br)s1. The molecule has 5 heteroatoms. The summed E-state index contributed by atoms with van der Waals surface area (Å²) in [5.41, 5.74) is 2.32. The highest BCUT2D eigenvalue weighted by molar-refractivity contribution is 9.11. The maximum absolute atomic E-state index is 4.36. The van der Waals surface area contributed by atoms with Gasteiger partial charge in [0.15, 0.2) is 0 Å². The number of aryl methyl sites for hydroxylation is 2. The van der Waals surface area contributed by atoms with Crippen LogP contribution in [0.25, 0.3) is 0 Å². The molecule has 2 nitrogen and oxygen atoms in total. The fourth-order valence-electron chi connectivity index (χ4n) is 1.64. The highest BCUT2D eigenvalue weighted by Gasteiger charge is 2.07. The summed E-state index contributed by atoms with van der Waals surface area (Å²) >= 11 is 8.93. The van der Waals surface area contributed by atoms with Crippen LogP contribution in [0, 0.1) is 6.92 Å². The van der Waals surface area contributed by atoms with Gasteiger partial charge in [0, 0.05) is 20.0 Å². The van der Waals surface area contributed by atoms with Crippen molar-refractivity contribution in [2.24, 2.45) is 0 Å². The highest BCUT2D eigenvalue weighted by Crippen LogP contribution is 2.32. The molecular weight excluding hydrogens is 376 g/mol. The van der Waals surface area contributed by atoms with Crippen molar-refractivity contribution in [3.05, 3.63) is 42.7 Å². The molecule has 0 unspecified atom stereocenters. The number of aromatic nitrogens is 1. The Balaban J connectivity index is 2.10. The van der Waals surface area contributed by atoms with Gasteiger partial charge in [-0.2, -0.15) is 0 Å². The standard InChI is InChI=1S/C13H14Br2N2S/c1-3-12-16-6-9(18-12)7-17-13-10(14)4-8(2)5-11(13)15/h4-6,17H,3,7H2,1-2H3. The number of anilines is 1. The monoisotopic (exact) mass is 388 g/mol. The number of rotatable bonds is 4. The third-order valence-electron chi connectivity index (χ3n) is 2.53. The van der Waals surface area contributed by atoms with E-state index in [9.17, 15) is 0 Å². The number of hydrogen-bond acceptors (Lipinski definition) is 3. The van der Waals surface area contributed by atoms with Gasteiger partial charge in [0.2, 0.25) is 0 Å². The molecule has 0 fully saturated rings. The number of nitrogens with zero attached hydrogens (tertiary/aromatic N) is 1. The minimum Gasteiger partial charge on any atom is -0.378 e. The molecule has 0 atom stereocenters. The summed E-state index contributed by atoms with van der Waals surface area (Å²) in [5, 5.41) is 4.63. The first-order valence-corrected chi connectivity index (χ1v) is 8.13. The van der Waals surface area contributed by atoms with Gasteiger partial charge >= 0.3 is 0 Å². The summed E-state index contributed by atoms with van der Waals surface area (Å²) in [6.07, 6.45) is 2.95. The van der Waals surface area contributed by atoms with E-state index < -0.39 is 0 Å². The van der Waals surface area contributed by atoms with Crippen molar-refractivity contribution in [3.63, 3.8) is 0 Å². The van der Waals surface area contributed by atoms with E-state index in [-0.39, 0.29) is 0 Å². The number of benzene rings is 1. The molecule has 0 spiro atoms. The molecule has 0 bridgehead atoms. The van der Waals surface area contributed by atoms with Crippen LogP contribution < -0.4 is 5.32 Å². The molecule has 18 heavy (non-hydrogen) atoms. The first-order valence-electron chi connectivity index (χ1n) is 5.73. The number of hydrogen-bond donors (Lipinski definition) is 1. The van der Waals surface area contributed by atoms with Gasteiger partial charge in [0.05, 0.1) is 17.2 Å². The Bertz CT molecular complexity index is 529. The second-order valence-corrected chi connectivity index (χ2v) is 6.94. The molecule has 96 valence electrons. The molecule has 0 aliphatic heterocycles. The molecule has 0 saturated carbocycles. The molecule has 0 saturated heterocycles. The average Bonchev–Trinajstić information content (AvgIpc) is 2.75. The van der Waals surface area contributed by atoms with E-state index in [1.165, 1.54) is 15.4 Å². The van der Waals surface area contributed by atoms with Crippen molar-refractivity contribution >= 4 is 48.9 Å². The Morgan fingerprint density at radius 1 is 1.28 bits per heavy atom. The van der Waals surface area contributed by atoms with Gasteiger partial charge in [-0.1, -0.05) is 6.92 Å². The Hall–Kier alpha value is -0.390. The van der Waals surface area contributed by atoms with Gasteiger partial charge in [-0.05, 0) is 62.9 Å². The first-order chi connectivity index (χ1) is 8.60. The van der Waals surface area contributed by atoms with E-state index in [0.29, 0.717) is 0 Å². The minimum atomic E-state index is 0.803. The largest absolute Gasteiger partial charge is 0.378 e. The third-order valence-corrected chi connectivity index (χ3v) is 4.92. The number of halogens is 2. The van der Waals surface area contributed by atoms with Crippen molar-refractivity contribution in [1.82, 2.24) is 4.98 Å². The maximum atomic E-state index is 4.36. The van der Waals surface area contributed by atoms with Crippen LogP contribution in [0.3, 0.4) is 0 Å². The third kappa shape index (κ3) is 3.33. The fourth-order valence-corrected chi connectivity index (χ4v) is 4.14. The normalized spacial score (nSPS) is 10.7. The quantitative estimate of drug-likeness (QED) is 0.781. The molecular formula is C13H14Br2N2S. The number of nitrogens with one attached hydrogen (secondary N) is 1. The average molecular weight is 390 g/mol. The van der Waals surface area contributed by atoms with Crippen molar-refractivity contribution in [1.29, 1.82) is 0 Å². The molecule has 1 heterocycles. The van der Waals surface area contributed by atoms with Gasteiger partial charge in [0.1, 0.15) is 0 Å². The van der Waals surface area contributed by atoms with Gasteiger partial charge in [-0.25, -0.2) is 4.98 Å². The molecule has 2 aromatic rings. The second kappa shape index (κ2) is 6.17. The van der Waals surface area contributed by atoms with Gasteiger partial charge in [0.25, 0.3) is 0 Å². The topological polar surface area (TPSA) is 24.9 Å². The summed E-state index contributed by atoms with van der Waals surface area (Å²) < 4.78 is 2.16. The van der Waals surface area contributed by atoms with Crippen molar-refractivity contribution in [2.45, 2.75) is 26.8 Å². The summed E-state index contributed by atoms with van der Waals surface area (Å²) in [6.45, 7) is 5.01. The lowest BCUT2D eigenvalue weighted by Crippen LogP contribution is -1.99. The zero-order valence-electron chi connectivity index (χ0n) is 10.3. The summed E-state index contributed by atoms with van der Waals surface area (Å²) in [7, 11) is 0. The van der Waals surface area contributed by atoms with Crippen LogP contribution in [-0.2, 0) is 13.0 Å². The van der Waals surface area contributed by atoms with Crippen LogP contribution in [0.5, 0.6) is 0 Å². The summed E-state index contributed by atoms with van der Waals surface area (Å²) in [5.74, 6) is 0. The van der Waals surface area contributed by atoms with E-state index in [1.807, 2.05) is 6.20 Å². The Kier molecular flexibility index (Phi) is 4.81. The molecule has 0 amide bonds. The van der Waals surface area contributed by atoms with Crippen LogP contribution in [-0.4, -0.2) is 4.98 Å². The van der Waals surface area contributed by atoms with Gasteiger partial charge in [-0.3, -0.25) is 0 Å². The Morgan fingerprint density at radius 3 is 2.50 bits per heavy atom. The van der Waals surface area contributed by atoms with E-state index in [2.05, 4.69) is 68.1 Å². The highest BCUT2D eigenvalue weighted by atomic mass is 79.9. The van der Waals surface area contributed by atoms with Gasteiger partial charge < -0.3 is 5.32 Å². The van der Waals surface area contributed by atoms with Crippen LogP contribution in [0.15, 0.2) is 27.3 Å². The maximum Gasteiger partial charge on any atom is 0.0925 e. The Labute approximate surface area is 128 Å². The number of thiazole rings is 1. The first kappa shape index (κ1) is 14.0. The molecule has 1 N–H and O–H groups in total. The predicted octanol–water partition coefficient (Wildman–Crippen LogP) is 5.15. The van der Waals surface area contributed by atoms with E-state index in [0.717, 1.165) is 27.6 Å². The van der Waals surface area contributed by atoms with E-state index >= 15 is 0 Å². The van der Waals surface area contributed by atoms with Crippen LogP contribution in [0.1, 0.15) is 22.4 Å². The smallest absolute Gasteiger partial charge is 0.0925 e. The fraction of sp³-hybridized carbons (Fsp3) is 0.308. The second-order valence-electron chi connectivity index (χ2n) is 4.03. The minimum absolute atomic E-state index is 0.803. The van der Waals surface area contributed by atoms with Gasteiger partial charge in [-0.15, -0.1) is 11.3 Å².